The smallest absolute Gasteiger partial charge is 0.244 e. The fourth-order valence-corrected chi connectivity index (χ4v) is 2.84. The molecule has 0 fully saturated rings. The summed E-state index contributed by atoms with van der Waals surface area (Å²) in [6.07, 6.45) is 1.93. The molecule has 0 atom stereocenters. The van der Waals surface area contributed by atoms with Gasteiger partial charge in [-0.15, -0.1) is 0 Å². The number of nitrogens with one attached hydrogen (secondary N) is 1. The van der Waals surface area contributed by atoms with E-state index in [1.807, 2.05) is 66.2 Å². The van der Waals surface area contributed by atoms with Gasteiger partial charge in [-0.1, -0.05) is 15.9 Å². The van der Waals surface area contributed by atoms with Gasteiger partial charge in [0.2, 0.25) is 5.91 Å². The molecule has 0 spiro atoms. The summed E-state index contributed by atoms with van der Waals surface area (Å²) >= 11 is 3.45. The largest absolute Gasteiger partial charge is 0.494 e. The van der Waals surface area contributed by atoms with E-state index < -0.39 is 0 Å². The Morgan fingerprint density at radius 1 is 1.17 bits per heavy atom. The highest BCUT2D eigenvalue weighted by Gasteiger charge is 2.07. The van der Waals surface area contributed by atoms with Gasteiger partial charge in [-0.3, -0.25) is 4.79 Å². The lowest BCUT2D eigenvalue weighted by atomic mass is 10.2. The molecule has 23 heavy (non-hydrogen) atoms. The molecule has 0 radical (unpaired) electrons. The van der Waals surface area contributed by atoms with Gasteiger partial charge in [0, 0.05) is 27.3 Å². The number of benzene rings is 2. The Morgan fingerprint density at radius 2 is 1.96 bits per heavy atom. The predicted molar refractivity (Wildman–Crippen MR) is 95.9 cm³/mol. The summed E-state index contributed by atoms with van der Waals surface area (Å²) in [5, 5.41) is 4.01. The molecule has 1 amide bonds. The molecule has 1 aromatic heterocycles. The average Bonchev–Trinajstić information content (AvgIpc) is 2.91. The van der Waals surface area contributed by atoms with Crippen molar-refractivity contribution >= 4 is 38.4 Å². The quantitative estimate of drug-likeness (QED) is 0.719. The molecule has 2 aromatic carbocycles. The lowest BCUT2D eigenvalue weighted by molar-refractivity contribution is -0.116. The molecule has 1 heterocycles. The van der Waals surface area contributed by atoms with Crippen LogP contribution in [-0.4, -0.2) is 17.1 Å². The normalized spacial score (nSPS) is 10.7. The summed E-state index contributed by atoms with van der Waals surface area (Å²) in [5.41, 5.74) is 1.80. The van der Waals surface area contributed by atoms with Gasteiger partial charge in [0.05, 0.1) is 6.61 Å². The van der Waals surface area contributed by atoms with E-state index in [0.717, 1.165) is 26.8 Å². The maximum absolute atomic E-state index is 12.2. The molecule has 1 N–H and O–H groups in total. The Morgan fingerprint density at radius 3 is 2.70 bits per heavy atom. The molecule has 0 aliphatic heterocycles. The summed E-state index contributed by atoms with van der Waals surface area (Å²) in [6, 6.07) is 15.4. The highest BCUT2D eigenvalue weighted by atomic mass is 79.9. The second-order valence-electron chi connectivity index (χ2n) is 5.15. The molecule has 118 valence electrons. The van der Waals surface area contributed by atoms with Crippen molar-refractivity contribution in [2.75, 3.05) is 11.9 Å². The van der Waals surface area contributed by atoms with Crippen LogP contribution in [0.15, 0.2) is 59.2 Å². The minimum Gasteiger partial charge on any atom is -0.494 e. The number of rotatable bonds is 5. The summed E-state index contributed by atoms with van der Waals surface area (Å²) in [4.78, 5) is 12.2. The highest BCUT2D eigenvalue weighted by Crippen LogP contribution is 2.21. The number of ether oxygens (including phenoxy) is 1. The van der Waals surface area contributed by atoms with Gasteiger partial charge in [-0.05, 0) is 55.5 Å². The first kappa shape index (κ1) is 15.6. The van der Waals surface area contributed by atoms with Gasteiger partial charge >= 0.3 is 0 Å². The third-order valence-electron chi connectivity index (χ3n) is 3.50. The fourth-order valence-electron chi connectivity index (χ4n) is 2.47. The van der Waals surface area contributed by atoms with Gasteiger partial charge in [0.15, 0.2) is 0 Å². The third kappa shape index (κ3) is 3.74. The van der Waals surface area contributed by atoms with E-state index in [2.05, 4.69) is 21.2 Å². The summed E-state index contributed by atoms with van der Waals surface area (Å²) in [6.45, 7) is 2.84. The number of carbonyl (C=O) groups is 1. The predicted octanol–water partition coefficient (Wildman–Crippen LogP) is 4.44. The van der Waals surface area contributed by atoms with E-state index in [-0.39, 0.29) is 12.5 Å². The maximum atomic E-state index is 12.2. The molecular weight excluding hydrogens is 356 g/mol. The molecule has 4 nitrogen and oxygen atoms in total. The van der Waals surface area contributed by atoms with Crippen molar-refractivity contribution in [3.63, 3.8) is 0 Å². The molecule has 0 saturated carbocycles. The van der Waals surface area contributed by atoms with Gasteiger partial charge in [0.25, 0.3) is 0 Å². The van der Waals surface area contributed by atoms with Crippen LogP contribution < -0.4 is 10.1 Å². The van der Waals surface area contributed by atoms with E-state index in [9.17, 15) is 4.79 Å². The van der Waals surface area contributed by atoms with Crippen LogP contribution in [0.4, 0.5) is 5.69 Å². The zero-order valence-electron chi connectivity index (χ0n) is 12.8. The molecule has 0 aliphatic rings. The van der Waals surface area contributed by atoms with Crippen molar-refractivity contribution in [2.24, 2.45) is 0 Å². The number of anilines is 1. The second kappa shape index (κ2) is 6.87. The zero-order valence-corrected chi connectivity index (χ0v) is 14.3. The monoisotopic (exact) mass is 372 g/mol. The number of fused-ring (bicyclic) bond motifs is 1. The summed E-state index contributed by atoms with van der Waals surface area (Å²) in [5.74, 6) is 0.738. The summed E-state index contributed by atoms with van der Waals surface area (Å²) < 4.78 is 8.35. The van der Waals surface area contributed by atoms with Gasteiger partial charge in [-0.2, -0.15) is 0 Å². The first-order valence-corrected chi connectivity index (χ1v) is 8.22. The Hall–Kier alpha value is -2.27. The van der Waals surface area contributed by atoms with Crippen molar-refractivity contribution in [1.82, 2.24) is 4.57 Å². The number of hydrogen-bond donors (Lipinski definition) is 1. The van der Waals surface area contributed by atoms with E-state index in [4.69, 9.17) is 4.74 Å². The SMILES string of the molecule is CCOc1ccc(NC(=O)Cn2ccc3cc(Br)ccc32)cc1. The number of nitrogens with zero attached hydrogens (tertiary/aromatic N) is 1. The van der Waals surface area contributed by atoms with E-state index in [0.29, 0.717) is 6.61 Å². The molecule has 0 saturated heterocycles. The van der Waals surface area contributed by atoms with Crippen molar-refractivity contribution in [3.8, 4) is 5.75 Å². The van der Waals surface area contributed by atoms with Crippen molar-refractivity contribution < 1.29 is 9.53 Å². The minimum absolute atomic E-state index is 0.0606. The Balaban J connectivity index is 1.68. The van der Waals surface area contributed by atoms with Crippen molar-refractivity contribution in [2.45, 2.75) is 13.5 Å². The molecule has 0 unspecified atom stereocenters. The van der Waals surface area contributed by atoms with Gasteiger partial charge in [0.1, 0.15) is 12.3 Å². The lowest BCUT2D eigenvalue weighted by Gasteiger charge is -2.09. The van der Waals surface area contributed by atoms with Crippen LogP contribution in [0.1, 0.15) is 6.92 Å². The molecular formula is C18H17BrN2O2. The number of hydrogen-bond acceptors (Lipinski definition) is 2. The van der Waals surface area contributed by atoms with Crippen LogP contribution in [0, 0.1) is 0 Å². The first-order chi connectivity index (χ1) is 11.2. The number of aromatic nitrogens is 1. The number of carbonyl (C=O) groups excluding carboxylic acids is 1. The van der Waals surface area contributed by atoms with Crippen LogP contribution in [-0.2, 0) is 11.3 Å². The van der Waals surface area contributed by atoms with Gasteiger partial charge < -0.3 is 14.6 Å². The standard InChI is InChI=1S/C18H17BrN2O2/c1-2-23-16-6-4-15(5-7-16)20-18(22)12-21-10-9-13-11-14(19)3-8-17(13)21/h3-11H,2,12H2,1H3,(H,20,22). The first-order valence-electron chi connectivity index (χ1n) is 7.43. The second-order valence-corrected chi connectivity index (χ2v) is 6.07. The van der Waals surface area contributed by atoms with Crippen LogP contribution in [0.25, 0.3) is 10.9 Å². The molecule has 3 aromatic rings. The van der Waals surface area contributed by atoms with E-state index in [1.165, 1.54) is 0 Å². The minimum atomic E-state index is -0.0606. The van der Waals surface area contributed by atoms with Crippen LogP contribution in [0.2, 0.25) is 0 Å². The Kier molecular flexibility index (Phi) is 4.67. The van der Waals surface area contributed by atoms with Crippen LogP contribution in [0.3, 0.4) is 0 Å². The zero-order chi connectivity index (χ0) is 16.2. The fraction of sp³-hybridized carbons (Fsp3) is 0.167. The Bertz CT molecular complexity index is 825. The lowest BCUT2D eigenvalue weighted by Crippen LogP contribution is -2.18. The maximum Gasteiger partial charge on any atom is 0.244 e. The molecule has 3 rings (SSSR count). The van der Waals surface area contributed by atoms with Crippen molar-refractivity contribution in [3.05, 3.63) is 59.2 Å². The molecule has 0 bridgehead atoms. The summed E-state index contributed by atoms with van der Waals surface area (Å²) in [7, 11) is 0. The third-order valence-corrected chi connectivity index (χ3v) is 3.99. The highest BCUT2D eigenvalue weighted by molar-refractivity contribution is 9.10. The van der Waals surface area contributed by atoms with E-state index in [1.54, 1.807) is 0 Å². The van der Waals surface area contributed by atoms with Gasteiger partial charge in [-0.25, -0.2) is 0 Å². The topological polar surface area (TPSA) is 43.3 Å². The molecule has 0 aliphatic carbocycles. The van der Waals surface area contributed by atoms with Crippen LogP contribution in [0.5, 0.6) is 5.75 Å². The average molecular weight is 373 g/mol. The molecule has 5 heteroatoms. The van der Waals surface area contributed by atoms with Crippen molar-refractivity contribution in [1.29, 1.82) is 0 Å². The number of halogens is 1. The Labute approximate surface area is 143 Å². The van der Waals surface area contributed by atoms with Crippen LogP contribution >= 0.6 is 15.9 Å². The van der Waals surface area contributed by atoms with E-state index >= 15 is 0 Å². The number of amides is 1.